The largest absolute Gasteiger partial charge is 0.493 e. The molecule has 1 unspecified atom stereocenters. The Kier molecular flexibility index (Phi) is 4.24. The number of nitrogens with one attached hydrogen (secondary N) is 1. The number of hydrogen-bond donors (Lipinski definition) is 1. The zero-order valence-corrected chi connectivity index (χ0v) is 12.1. The second-order valence-electron chi connectivity index (χ2n) is 4.82. The SMILES string of the molecule is COc1cc2c(cc1OC)C(C=O)NC(CN(C)C)=N2. The van der Waals surface area contributed by atoms with Crippen LogP contribution in [0.1, 0.15) is 11.6 Å². The highest BCUT2D eigenvalue weighted by Gasteiger charge is 2.24. The Morgan fingerprint density at radius 3 is 2.50 bits per heavy atom. The van der Waals surface area contributed by atoms with Crippen molar-refractivity contribution < 1.29 is 14.3 Å². The normalized spacial score (nSPS) is 17.1. The van der Waals surface area contributed by atoms with E-state index in [1.165, 1.54) is 0 Å². The van der Waals surface area contributed by atoms with Gasteiger partial charge in [-0.3, -0.25) is 0 Å². The number of ether oxygens (including phenoxy) is 2. The minimum absolute atomic E-state index is 0.419. The monoisotopic (exact) mass is 277 g/mol. The lowest BCUT2D eigenvalue weighted by atomic mass is 10.0. The van der Waals surface area contributed by atoms with Crippen molar-refractivity contribution in [3.63, 3.8) is 0 Å². The van der Waals surface area contributed by atoms with Crippen LogP contribution in [-0.4, -0.2) is 51.9 Å². The number of carbonyl (C=O) groups excluding carboxylic acids is 1. The van der Waals surface area contributed by atoms with Crippen LogP contribution in [0.3, 0.4) is 0 Å². The molecule has 20 heavy (non-hydrogen) atoms. The van der Waals surface area contributed by atoms with E-state index in [9.17, 15) is 4.79 Å². The summed E-state index contributed by atoms with van der Waals surface area (Å²) in [5, 5.41) is 3.12. The molecule has 108 valence electrons. The zero-order chi connectivity index (χ0) is 14.7. The van der Waals surface area contributed by atoms with E-state index < -0.39 is 6.04 Å². The standard InChI is InChI=1S/C14H19N3O3/c1-17(2)7-14-15-10-6-13(20-4)12(19-3)5-9(10)11(8-18)16-14/h5-6,8,11H,7H2,1-4H3,(H,15,16). The predicted octanol–water partition coefficient (Wildman–Crippen LogP) is 1.14. The Bertz CT molecular complexity index is 541. The third-order valence-corrected chi connectivity index (χ3v) is 3.05. The molecule has 0 radical (unpaired) electrons. The van der Waals surface area contributed by atoms with Crippen molar-refractivity contribution in [2.75, 3.05) is 34.9 Å². The zero-order valence-electron chi connectivity index (χ0n) is 12.1. The summed E-state index contributed by atoms with van der Waals surface area (Å²) in [5.41, 5.74) is 1.52. The van der Waals surface area contributed by atoms with E-state index >= 15 is 0 Å². The number of aliphatic imine (C=N–C) groups is 1. The van der Waals surface area contributed by atoms with Crippen LogP contribution in [0, 0.1) is 0 Å². The van der Waals surface area contributed by atoms with E-state index in [2.05, 4.69) is 10.3 Å². The van der Waals surface area contributed by atoms with Gasteiger partial charge in [-0.05, 0) is 20.2 Å². The highest BCUT2D eigenvalue weighted by atomic mass is 16.5. The van der Waals surface area contributed by atoms with Gasteiger partial charge in [0, 0.05) is 11.6 Å². The Balaban J connectivity index is 2.48. The lowest BCUT2D eigenvalue weighted by Gasteiger charge is -2.25. The van der Waals surface area contributed by atoms with Gasteiger partial charge < -0.3 is 24.5 Å². The van der Waals surface area contributed by atoms with Crippen molar-refractivity contribution in [2.24, 2.45) is 4.99 Å². The molecule has 1 atom stereocenters. The molecule has 1 aromatic rings. The molecule has 0 spiro atoms. The second-order valence-corrected chi connectivity index (χ2v) is 4.82. The topological polar surface area (TPSA) is 63.2 Å². The number of nitrogens with zero attached hydrogens (tertiary/aromatic N) is 2. The van der Waals surface area contributed by atoms with Crippen LogP contribution in [0.2, 0.25) is 0 Å². The number of hydrogen-bond acceptors (Lipinski definition) is 6. The molecule has 1 heterocycles. The van der Waals surface area contributed by atoms with Gasteiger partial charge in [-0.15, -0.1) is 0 Å². The quantitative estimate of drug-likeness (QED) is 0.818. The predicted molar refractivity (Wildman–Crippen MR) is 77.1 cm³/mol. The van der Waals surface area contributed by atoms with Gasteiger partial charge >= 0.3 is 0 Å². The lowest BCUT2D eigenvalue weighted by Crippen LogP contribution is -2.38. The molecule has 1 aromatic carbocycles. The van der Waals surface area contributed by atoms with Crippen molar-refractivity contribution in [1.29, 1.82) is 0 Å². The molecule has 1 N–H and O–H groups in total. The molecule has 0 saturated heterocycles. The third kappa shape index (κ3) is 2.75. The Morgan fingerprint density at radius 2 is 1.95 bits per heavy atom. The van der Waals surface area contributed by atoms with Crippen LogP contribution in [0.25, 0.3) is 0 Å². The van der Waals surface area contributed by atoms with Gasteiger partial charge in [0.1, 0.15) is 18.2 Å². The summed E-state index contributed by atoms with van der Waals surface area (Å²) < 4.78 is 10.5. The van der Waals surface area contributed by atoms with Crippen LogP contribution in [-0.2, 0) is 4.79 Å². The van der Waals surface area contributed by atoms with Gasteiger partial charge in [-0.1, -0.05) is 0 Å². The number of likely N-dealkylation sites (N-methyl/N-ethyl adjacent to an activating group) is 1. The molecule has 1 aliphatic rings. The number of amidine groups is 1. The Morgan fingerprint density at radius 1 is 1.30 bits per heavy atom. The van der Waals surface area contributed by atoms with Crippen LogP contribution >= 0.6 is 0 Å². The number of rotatable bonds is 5. The van der Waals surface area contributed by atoms with Crippen molar-refractivity contribution in [3.05, 3.63) is 17.7 Å². The molecule has 2 rings (SSSR count). The molecule has 0 aromatic heterocycles. The fraction of sp³-hybridized carbons (Fsp3) is 0.429. The van der Waals surface area contributed by atoms with E-state index in [1.54, 1.807) is 26.4 Å². The van der Waals surface area contributed by atoms with Gasteiger partial charge in [0.25, 0.3) is 0 Å². The number of aldehydes is 1. The number of carbonyl (C=O) groups is 1. The van der Waals surface area contributed by atoms with Gasteiger partial charge in [0.2, 0.25) is 0 Å². The van der Waals surface area contributed by atoms with Gasteiger partial charge in [0.05, 0.1) is 26.5 Å². The van der Waals surface area contributed by atoms with Gasteiger partial charge in [-0.25, -0.2) is 4.99 Å². The highest BCUT2D eigenvalue weighted by Crippen LogP contribution is 2.38. The van der Waals surface area contributed by atoms with E-state index in [4.69, 9.17) is 9.47 Å². The first-order valence-corrected chi connectivity index (χ1v) is 6.29. The molecule has 0 saturated carbocycles. The molecule has 6 nitrogen and oxygen atoms in total. The average Bonchev–Trinajstić information content (AvgIpc) is 2.44. The van der Waals surface area contributed by atoms with Crippen molar-refractivity contribution >= 4 is 17.8 Å². The molecule has 0 fully saturated rings. The Labute approximate surface area is 118 Å². The van der Waals surface area contributed by atoms with Gasteiger partial charge in [-0.2, -0.15) is 0 Å². The van der Waals surface area contributed by atoms with Gasteiger partial charge in [0.15, 0.2) is 11.5 Å². The summed E-state index contributed by atoms with van der Waals surface area (Å²) in [6.07, 6.45) is 0.870. The summed E-state index contributed by atoms with van der Waals surface area (Å²) in [6, 6.07) is 3.16. The summed E-state index contributed by atoms with van der Waals surface area (Å²) in [7, 11) is 7.04. The molecule has 6 heteroatoms. The molecule has 0 amide bonds. The fourth-order valence-corrected chi connectivity index (χ4v) is 2.15. The molecular weight excluding hydrogens is 258 g/mol. The molecule has 1 aliphatic heterocycles. The molecule has 0 aliphatic carbocycles. The maximum absolute atomic E-state index is 11.3. The van der Waals surface area contributed by atoms with E-state index in [-0.39, 0.29) is 0 Å². The van der Waals surface area contributed by atoms with Crippen LogP contribution in [0.4, 0.5) is 5.69 Å². The smallest absolute Gasteiger partial charge is 0.162 e. The number of benzene rings is 1. The minimum Gasteiger partial charge on any atom is -0.493 e. The maximum Gasteiger partial charge on any atom is 0.162 e. The van der Waals surface area contributed by atoms with Crippen molar-refractivity contribution in [3.8, 4) is 11.5 Å². The number of fused-ring (bicyclic) bond motifs is 1. The van der Waals surface area contributed by atoms with E-state index in [0.717, 1.165) is 23.4 Å². The highest BCUT2D eigenvalue weighted by molar-refractivity contribution is 5.92. The summed E-state index contributed by atoms with van der Waals surface area (Å²) in [5.74, 6) is 1.95. The Hall–Kier alpha value is -2.08. The molecular formula is C14H19N3O3. The van der Waals surface area contributed by atoms with E-state index in [1.807, 2.05) is 19.0 Å². The van der Waals surface area contributed by atoms with Crippen molar-refractivity contribution in [2.45, 2.75) is 6.04 Å². The van der Waals surface area contributed by atoms with Crippen LogP contribution in [0.15, 0.2) is 17.1 Å². The third-order valence-electron chi connectivity index (χ3n) is 3.05. The fourth-order valence-electron chi connectivity index (χ4n) is 2.15. The summed E-state index contributed by atoms with van der Waals surface area (Å²) in [6.45, 7) is 0.637. The first-order chi connectivity index (χ1) is 9.58. The minimum atomic E-state index is -0.419. The molecule has 0 bridgehead atoms. The first kappa shape index (κ1) is 14.3. The maximum atomic E-state index is 11.3. The summed E-state index contributed by atoms with van der Waals surface area (Å²) >= 11 is 0. The first-order valence-electron chi connectivity index (χ1n) is 6.29. The number of methoxy groups -OCH3 is 2. The average molecular weight is 277 g/mol. The van der Waals surface area contributed by atoms with E-state index in [0.29, 0.717) is 18.0 Å². The second kappa shape index (κ2) is 5.92. The van der Waals surface area contributed by atoms with Crippen LogP contribution in [0.5, 0.6) is 11.5 Å². The van der Waals surface area contributed by atoms with Crippen molar-refractivity contribution in [1.82, 2.24) is 10.2 Å². The van der Waals surface area contributed by atoms with Crippen LogP contribution < -0.4 is 14.8 Å². The summed E-state index contributed by atoms with van der Waals surface area (Å²) in [4.78, 5) is 17.8. The lowest BCUT2D eigenvalue weighted by molar-refractivity contribution is -0.109.